The van der Waals surface area contributed by atoms with Gasteiger partial charge in [0.1, 0.15) is 5.82 Å². The molecular formula is C21H23FN4O. The minimum absolute atomic E-state index is 0.0528. The number of nitrogens with one attached hydrogen (secondary N) is 2. The first-order chi connectivity index (χ1) is 13.2. The molecule has 2 aromatic carbocycles. The number of para-hydroxylation sites is 2. The molecule has 0 unspecified atom stereocenters. The van der Waals surface area contributed by atoms with E-state index in [-0.39, 0.29) is 11.8 Å². The number of urea groups is 1. The fourth-order valence-corrected chi connectivity index (χ4v) is 3.61. The third-order valence-corrected chi connectivity index (χ3v) is 5.11. The van der Waals surface area contributed by atoms with Crippen LogP contribution in [0.2, 0.25) is 0 Å². The summed E-state index contributed by atoms with van der Waals surface area (Å²) < 4.78 is 13.9. The molecule has 0 bridgehead atoms. The highest BCUT2D eigenvalue weighted by Gasteiger charge is 2.22. The molecule has 3 aromatic rings. The van der Waals surface area contributed by atoms with E-state index in [9.17, 15) is 9.18 Å². The molecule has 0 atom stereocenters. The van der Waals surface area contributed by atoms with Crippen LogP contribution in [-0.2, 0) is 6.42 Å². The molecule has 0 aliphatic carbocycles. The molecule has 2 heterocycles. The lowest BCUT2D eigenvalue weighted by Gasteiger charge is -2.36. The molecule has 1 aliphatic heterocycles. The Morgan fingerprint density at radius 3 is 2.59 bits per heavy atom. The van der Waals surface area contributed by atoms with Crippen LogP contribution in [0.4, 0.5) is 14.9 Å². The van der Waals surface area contributed by atoms with Gasteiger partial charge >= 0.3 is 6.03 Å². The molecule has 2 N–H and O–H groups in total. The molecule has 0 radical (unpaired) electrons. The number of rotatable bonds is 4. The Balaban J connectivity index is 1.27. The Labute approximate surface area is 157 Å². The Bertz CT molecular complexity index is 931. The van der Waals surface area contributed by atoms with E-state index in [0.717, 1.165) is 11.9 Å². The van der Waals surface area contributed by atoms with Gasteiger partial charge in [0.05, 0.1) is 5.69 Å². The van der Waals surface area contributed by atoms with Gasteiger partial charge in [-0.05, 0) is 30.2 Å². The van der Waals surface area contributed by atoms with Crippen molar-refractivity contribution in [2.45, 2.75) is 6.42 Å². The second kappa shape index (κ2) is 7.70. The highest BCUT2D eigenvalue weighted by molar-refractivity contribution is 5.83. The van der Waals surface area contributed by atoms with Crippen molar-refractivity contribution in [2.75, 3.05) is 37.6 Å². The number of benzene rings is 2. The number of carbonyl (C=O) groups is 1. The molecule has 1 fully saturated rings. The van der Waals surface area contributed by atoms with Crippen LogP contribution in [0.15, 0.2) is 54.7 Å². The molecule has 0 spiro atoms. The lowest BCUT2D eigenvalue weighted by molar-refractivity contribution is 0.194. The molecule has 0 saturated carbocycles. The lowest BCUT2D eigenvalue weighted by Crippen LogP contribution is -2.52. The maximum absolute atomic E-state index is 13.9. The number of carbonyl (C=O) groups excluding carboxylic acids is 1. The summed E-state index contributed by atoms with van der Waals surface area (Å²) in [5, 5.41) is 4.20. The number of aromatic amines is 1. The van der Waals surface area contributed by atoms with E-state index >= 15 is 0 Å². The van der Waals surface area contributed by atoms with E-state index in [1.807, 2.05) is 35.4 Å². The fourth-order valence-electron chi connectivity index (χ4n) is 3.61. The van der Waals surface area contributed by atoms with E-state index in [1.165, 1.54) is 17.0 Å². The predicted octanol–water partition coefficient (Wildman–Crippen LogP) is 3.38. The molecule has 5 nitrogen and oxygen atoms in total. The van der Waals surface area contributed by atoms with Crippen LogP contribution in [-0.4, -0.2) is 48.6 Å². The quantitative estimate of drug-likeness (QED) is 0.744. The summed E-state index contributed by atoms with van der Waals surface area (Å²) in [5.41, 5.74) is 2.93. The summed E-state index contributed by atoms with van der Waals surface area (Å²) in [6.45, 7) is 3.04. The van der Waals surface area contributed by atoms with Gasteiger partial charge in [-0.15, -0.1) is 0 Å². The number of fused-ring (bicyclic) bond motifs is 1. The van der Waals surface area contributed by atoms with E-state index in [2.05, 4.69) is 16.4 Å². The number of anilines is 1. The van der Waals surface area contributed by atoms with Crippen molar-refractivity contribution in [3.05, 3.63) is 66.1 Å². The highest BCUT2D eigenvalue weighted by Crippen LogP contribution is 2.20. The van der Waals surface area contributed by atoms with Crippen LogP contribution in [0.25, 0.3) is 10.9 Å². The number of piperazine rings is 1. The summed E-state index contributed by atoms with van der Waals surface area (Å²) in [5.74, 6) is -0.214. The minimum atomic E-state index is -0.214. The van der Waals surface area contributed by atoms with Crippen LogP contribution in [0.1, 0.15) is 5.56 Å². The molecule has 1 saturated heterocycles. The van der Waals surface area contributed by atoms with Crippen LogP contribution in [0, 0.1) is 5.82 Å². The van der Waals surface area contributed by atoms with Gasteiger partial charge in [0.25, 0.3) is 0 Å². The number of hydrogen-bond acceptors (Lipinski definition) is 2. The average Bonchev–Trinajstić information content (AvgIpc) is 3.12. The van der Waals surface area contributed by atoms with Crippen molar-refractivity contribution in [1.82, 2.24) is 15.2 Å². The zero-order valence-electron chi connectivity index (χ0n) is 15.1. The molecular weight excluding hydrogens is 343 g/mol. The first kappa shape index (κ1) is 17.4. The average molecular weight is 366 g/mol. The van der Waals surface area contributed by atoms with Gasteiger partial charge in [-0.2, -0.15) is 0 Å². The number of nitrogens with zero attached hydrogens (tertiary/aromatic N) is 2. The maximum atomic E-state index is 13.9. The summed E-state index contributed by atoms with van der Waals surface area (Å²) in [7, 11) is 0. The smallest absolute Gasteiger partial charge is 0.317 e. The monoisotopic (exact) mass is 366 g/mol. The van der Waals surface area contributed by atoms with Gasteiger partial charge in [0.15, 0.2) is 0 Å². The molecule has 4 rings (SSSR count). The van der Waals surface area contributed by atoms with E-state index in [4.69, 9.17) is 0 Å². The summed E-state index contributed by atoms with van der Waals surface area (Å²) in [4.78, 5) is 19.5. The number of H-pyrrole nitrogens is 1. The summed E-state index contributed by atoms with van der Waals surface area (Å²) in [6, 6.07) is 14.9. The second-order valence-corrected chi connectivity index (χ2v) is 6.77. The number of halogens is 1. The molecule has 2 amide bonds. The number of hydrogen-bond donors (Lipinski definition) is 2. The van der Waals surface area contributed by atoms with Gasteiger partial charge in [-0.25, -0.2) is 9.18 Å². The number of amides is 2. The van der Waals surface area contributed by atoms with Crippen LogP contribution in [0.5, 0.6) is 0 Å². The molecule has 1 aromatic heterocycles. The Kier molecular flexibility index (Phi) is 4.96. The van der Waals surface area contributed by atoms with E-state index in [1.54, 1.807) is 17.0 Å². The summed E-state index contributed by atoms with van der Waals surface area (Å²) in [6.07, 6.45) is 2.79. The second-order valence-electron chi connectivity index (χ2n) is 6.77. The Hall–Kier alpha value is -3.02. The summed E-state index contributed by atoms with van der Waals surface area (Å²) >= 11 is 0. The zero-order chi connectivity index (χ0) is 18.6. The number of aromatic nitrogens is 1. The van der Waals surface area contributed by atoms with Crippen molar-refractivity contribution in [2.24, 2.45) is 0 Å². The van der Waals surface area contributed by atoms with Crippen LogP contribution in [0.3, 0.4) is 0 Å². The predicted molar refractivity (Wildman–Crippen MR) is 106 cm³/mol. The highest BCUT2D eigenvalue weighted by atomic mass is 19.1. The molecule has 27 heavy (non-hydrogen) atoms. The lowest BCUT2D eigenvalue weighted by atomic mass is 10.1. The van der Waals surface area contributed by atoms with Crippen molar-refractivity contribution < 1.29 is 9.18 Å². The SMILES string of the molecule is O=C(NCCc1c[nH]c2ccccc12)N1CCN(c2ccccc2F)CC1. The normalized spacial score (nSPS) is 14.6. The van der Waals surface area contributed by atoms with Crippen molar-refractivity contribution >= 4 is 22.6 Å². The maximum Gasteiger partial charge on any atom is 0.317 e. The van der Waals surface area contributed by atoms with Crippen LogP contribution < -0.4 is 10.2 Å². The van der Waals surface area contributed by atoms with Gasteiger partial charge in [0.2, 0.25) is 0 Å². The standard InChI is InChI=1S/C21H23FN4O/c22-18-6-2-4-8-20(18)25-11-13-26(14-12-25)21(27)23-10-9-16-15-24-19-7-3-1-5-17(16)19/h1-8,15,24H,9-14H2,(H,23,27). The zero-order valence-corrected chi connectivity index (χ0v) is 15.1. The Morgan fingerprint density at radius 1 is 1.04 bits per heavy atom. The largest absolute Gasteiger partial charge is 0.366 e. The van der Waals surface area contributed by atoms with Gasteiger partial charge in [-0.3, -0.25) is 0 Å². The topological polar surface area (TPSA) is 51.4 Å². The van der Waals surface area contributed by atoms with Crippen LogP contribution >= 0.6 is 0 Å². The van der Waals surface area contributed by atoms with E-state index in [0.29, 0.717) is 38.4 Å². The molecule has 6 heteroatoms. The van der Waals surface area contributed by atoms with Gasteiger partial charge in [-0.1, -0.05) is 30.3 Å². The van der Waals surface area contributed by atoms with E-state index < -0.39 is 0 Å². The van der Waals surface area contributed by atoms with Crippen molar-refractivity contribution in [3.8, 4) is 0 Å². The fraction of sp³-hybridized carbons (Fsp3) is 0.286. The van der Waals surface area contributed by atoms with Gasteiger partial charge in [0, 0.05) is 49.8 Å². The first-order valence-corrected chi connectivity index (χ1v) is 9.29. The molecule has 1 aliphatic rings. The third kappa shape index (κ3) is 3.74. The first-order valence-electron chi connectivity index (χ1n) is 9.29. The minimum Gasteiger partial charge on any atom is -0.366 e. The van der Waals surface area contributed by atoms with Crippen molar-refractivity contribution in [3.63, 3.8) is 0 Å². The molecule has 140 valence electrons. The third-order valence-electron chi connectivity index (χ3n) is 5.11. The Morgan fingerprint density at radius 2 is 1.78 bits per heavy atom. The van der Waals surface area contributed by atoms with Crippen molar-refractivity contribution in [1.29, 1.82) is 0 Å². The van der Waals surface area contributed by atoms with Gasteiger partial charge < -0.3 is 20.1 Å².